The second-order valence-electron chi connectivity index (χ2n) is 1.93. The summed E-state index contributed by atoms with van der Waals surface area (Å²) in [5.74, 6) is 3.78. The van der Waals surface area contributed by atoms with Gasteiger partial charge in [-0.15, -0.1) is 12.3 Å². The molecule has 1 heterocycles. The van der Waals surface area contributed by atoms with Gasteiger partial charge < -0.3 is 4.52 Å². The molecule has 0 saturated carbocycles. The van der Waals surface area contributed by atoms with Gasteiger partial charge in [-0.3, -0.25) is 0 Å². The van der Waals surface area contributed by atoms with Gasteiger partial charge in [-0.25, -0.2) is 0 Å². The van der Waals surface area contributed by atoms with E-state index in [2.05, 4.69) is 16.1 Å². The molecule has 0 bridgehead atoms. The van der Waals surface area contributed by atoms with Crippen molar-refractivity contribution in [1.29, 1.82) is 0 Å². The average molecular weight is 136 g/mol. The number of aryl methyl sites for hydroxylation is 2. The van der Waals surface area contributed by atoms with E-state index in [1.165, 1.54) is 0 Å². The van der Waals surface area contributed by atoms with Crippen molar-refractivity contribution in [2.45, 2.75) is 19.8 Å². The molecule has 3 nitrogen and oxygen atoms in total. The highest BCUT2D eigenvalue weighted by atomic mass is 16.5. The fourth-order valence-corrected chi connectivity index (χ4v) is 0.627. The van der Waals surface area contributed by atoms with Gasteiger partial charge in [0.2, 0.25) is 5.89 Å². The second-order valence-corrected chi connectivity index (χ2v) is 1.93. The SMILES string of the molecule is C#CCCc1noc(C)n1. The Morgan fingerprint density at radius 1 is 1.70 bits per heavy atom. The van der Waals surface area contributed by atoms with Crippen LogP contribution in [0.5, 0.6) is 0 Å². The Labute approximate surface area is 59.4 Å². The second kappa shape index (κ2) is 3.02. The van der Waals surface area contributed by atoms with Gasteiger partial charge in [0.15, 0.2) is 5.82 Å². The predicted octanol–water partition coefficient (Wildman–Crippen LogP) is 0.944. The van der Waals surface area contributed by atoms with Crippen LogP contribution in [-0.2, 0) is 6.42 Å². The number of hydrogen-bond acceptors (Lipinski definition) is 3. The summed E-state index contributed by atoms with van der Waals surface area (Å²) in [7, 11) is 0. The van der Waals surface area contributed by atoms with Crippen molar-refractivity contribution in [3.8, 4) is 12.3 Å². The molecular formula is C7H8N2O. The summed E-state index contributed by atoms with van der Waals surface area (Å²) in [5.41, 5.74) is 0. The minimum atomic E-state index is 0.590. The van der Waals surface area contributed by atoms with E-state index < -0.39 is 0 Å². The Hall–Kier alpha value is -1.30. The standard InChI is InChI=1S/C7H8N2O/c1-3-4-5-7-8-6(2)10-9-7/h1H,4-5H2,2H3. The molecule has 0 spiro atoms. The predicted molar refractivity (Wildman–Crippen MR) is 36.2 cm³/mol. The monoisotopic (exact) mass is 136 g/mol. The molecule has 0 aromatic carbocycles. The lowest BCUT2D eigenvalue weighted by atomic mass is 10.3. The maximum atomic E-state index is 5.05. The van der Waals surface area contributed by atoms with Crippen molar-refractivity contribution < 1.29 is 4.52 Å². The van der Waals surface area contributed by atoms with Gasteiger partial charge in [0.1, 0.15) is 0 Å². The fourth-order valence-electron chi connectivity index (χ4n) is 0.627. The molecule has 0 aliphatic heterocycles. The van der Waals surface area contributed by atoms with Crippen LogP contribution in [0.3, 0.4) is 0 Å². The van der Waals surface area contributed by atoms with Crippen molar-refractivity contribution in [2.75, 3.05) is 0 Å². The smallest absolute Gasteiger partial charge is 0.223 e. The Bertz CT molecular complexity index is 246. The Morgan fingerprint density at radius 3 is 3.00 bits per heavy atom. The Balaban J connectivity index is 2.52. The van der Waals surface area contributed by atoms with E-state index in [-0.39, 0.29) is 0 Å². The molecule has 0 aliphatic carbocycles. The van der Waals surface area contributed by atoms with Crippen LogP contribution in [0.15, 0.2) is 4.52 Å². The topological polar surface area (TPSA) is 38.9 Å². The fraction of sp³-hybridized carbons (Fsp3) is 0.429. The van der Waals surface area contributed by atoms with E-state index in [4.69, 9.17) is 10.9 Å². The number of rotatable bonds is 2. The zero-order valence-electron chi connectivity index (χ0n) is 5.79. The van der Waals surface area contributed by atoms with E-state index in [0.29, 0.717) is 24.6 Å². The van der Waals surface area contributed by atoms with Gasteiger partial charge in [0.25, 0.3) is 0 Å². The summed E-state index contributed by atoms with van der Waals surface area (Å²) in [5, 5.41) is 3.67. The van der Waals surface area contributed by atoms with Crippen molar-refractivity contribution in [1.82, 2.24) is 10.1 Å². The molecule has 52 valence electrons. The van der Waals surface area contributed by atoms with Crippen LogP contribution >= 0.6 is 0 Å². The highest BCUT2D eigenvalue weighted by Crippen LogP contribution is 1.97. The highest BCUT2D eigenvalue weighted by molar-refractivity contribution is 4.91. The first-order chi connectivity index (χ1) is 4.83. The maximum absolute atomic E-state index is 5.05. The lowest BCUT2D eigenvalue weighted by molar-refractivity contribution is 0.387. The minimum absolute atomic E-state index is 0.590. The molecule has 0 fully saturated rings. The van der Waals surface area contributed by atoms with Gasteiger partial charge in [-0.05, 0) is 0 Å². The molecule has 1 rings (SSSR count). The lowest BCUT2D eigenvalue weighted by Gasteiger charge is -1.81. The van der Waals surface area contributed by atoms with E-state index in [1.807, 2.05) is 0 Å². The summed E-state index contributed by atoms with van der Waals surface area (Å²) in [4.78, 5) is 3.97. The molecule has 0 saturated heterocycles. The number of aromatic nitrogens is 2. The molecule has 10 heavy (non-hydrogen) atoms. The van der Waals surface area contributed by atoms with Gasteiger partial charge in [-0.2, -0.15) is 4.98 Å². The molecule has 3 heteroatoms. The van der Waals surface area contributed by atoms with Crippen molar-refractivity contribution in [3.63, 3.8) is 0 Å². The third kappa shape index (κ3) is 1.59. The molecule has 0 atom stereocenters. The zero-order chi connectivity index (χ0) is 7.40. The molecule has 1 aromatic rings. The van der Waals surface area contributed by atoms with Gasteiger partial charge in [0, 0.05) is 19.8 Å². The van der Waals surface area contributed by atoms with E-state index in [1.54, 1.807) is 6.92 Å². The van der Waals surface area contributed by atoms with Crippen LogP contribution in [0.25, 0.3) is 0 Å². The summed E-state index contributed by atoms with van der Waals surface area (Å²) < 4.78 is 4.73. The number of nitrogens with zero attached hydrogens (tertiary/aromatic N) is 2. The van der Waals surface area contributed by atoms with Crippen LogP contribution in [0.2, 0.25) is 0 Å². The van der Waals surface area contributed by atoms with Crippen molar-refractivity contribution in [3.05, 3.63) is 11.7 Å². The largest absolute Gasteiger partial charge is 0.340 e. The van der Waals surface area contributed by atoms with Crippen LogP contribution < -0.4 is 0 Å². The molecule has 0 unspecified atom stereocenters. The first kappa shape index (κ1) is 6.81. The molecular weight excluding hydrogens is 128 g/mol. The quantitative estimate of drug-likeness (QED) is 0.568. The van der Waals surface area contributed by atoms with Crippen LogP contribution in [0.4, 0.5) is 0 Å². The summed E-state index contributed by atoms with van der Waals surface area (Å²) in [6.07, 6.45) is 6.41. The highest BCUT2D eigenvalue weighted by Gasteiger charge is 1.98. The third-order valence-corrected chi connectivity index (χ3v) is 1.06. The first-order valence-electron chi connectivity index (χ1n) is 3.05. The van der Waals surface area contributed by atoms with Gasteiger partial charge in [-0.1, -0.05) is 5.16 Å². The average Bonchev–Trinajstić information content (AvgIpc) is 2.31. The first-order valence-corrected chi connectivity index (χ1v) is 3.05. The normalized spacial score (nSPS) is 9.20. The Kier molecular flexibility index (Phi) is 2.06. The van der Waals surface area contributed by atoms with Crippen LogP contribution in [0.1, 0.15) is 18.1 Å². The van der Waals surface area contributed by atoms with Crippen LogP contribution in [0, 0.1) is 19.3 Å². The minimum Gasteiger partial charge on any atom is -0.340 e. The molecule has 0 N–H and O–H groups in total. The Morgan fingerprint density at radius 2 is 2.50 bits per heavy atom. The van der Waals surface area contributed by atoms with Gasteiger partial charge in [0.05, 0.1) is 0 Å². The van der Waals surface area contributed by atoms with E-state index in [9.17, 15) is 0 Å². The van der Waals surface area contributed by atoms with Gasteiger partial charge >= 0.3 is 0 Å². The maximum Gasteiger partial charge on any atom is 0.223 e. The third-order valence-electron chi connectivity index (χ3n) is 1.06. The molecule has 0 amide bonds. The van der Waals surface area contributed by atoms with Crippen molar-refractivity contribution >= 4 is 0 Å². The number of hydrogen-bond donors (Lipinski definition) is 0. The van der Waals surface area contributed by atoms with Crippen LogP contribution in [-0.4, -0.2) is 10.1 Å². The summed E-state index contributed by atoms with van der Waals surface area (Å²) in [6.45, 7) is 1.76. The molecule has 1 aromatic heterocycles. The molecule has 0 aliphatic rings. The van der Waals surface area contributed by atoms with E-state index >= 15 is 0 Å². The lowest BCUT2D eigenvalue weighted by Crippen LogP contribution is -1.85. The van der Waals surface area contributed by atoms with E-state index in [0.717, 1.165) is 0 Å². The number of terminal acetylenes is 1. The zero-order valence-corrected chi connectivity index (χ0v) is 5.79. The summed E-state index contributed by atoms with van der Waals surface area (Å²) >= 11 is 0. The molecule has 0 radical (unpaired) electrons. The summed E-state index contributed by atoms with van der Waals surface area (Å²) in [6, 6.07) is 0. The van der Waals surface area contributed by atoms with Crippen molar-refractivity contribution in [2.24, 2.45) is 0 Å².